The lowest BCUT2D eigenvalue weighted by Gasteiger charge is -2.10. The van der Waals surface area contributed by atoms with Crippen molar-refractivity contribution in [2.24, 2.45) is 0 Å². The fraction of sp³-hybridized carbons (Fsp3) is 0.417. The number of ether oxygens (including phenoxy) is 2. The van der Waals surface area contributed by atoms with Crippen molar-refractivity contribution in [2.45, 2.75) is 26.7 Å². The van der Waals surface area contributed by atoms with Crippen LogP contribution in [0.3, 0.4) is 0 Å². The summed E-state index contributed by atoms with van der Waals surface area (Å²) in [7, 11) is 0. The monoisotopic (exact) mass is 206 g/mol. The molecule has 0 aromatic heterocycles. The molecule has 2 rings (SSSR count). The van der Waals surface area contributed by atoms with Gasteiger partial charge in [-0.1, -0.05) is 13.8 Å². The van der Waals surface area contributed by atoms with Crippen LogP contribution in [-0.2, 0) is 0 Å². The molecule has 0 N–H and O–H groups in total. The maximum atomic E-state index is 11.3. The summed E-state index contributed by atoms with van der Waals surface area (Å²) < 4.78 is 10.7. The molecule has 3 nitrogen and oxygen atoms in total. The van der Waals surface area contributed by atoms with E-state index in [1.807, 2.05) is 6.07 Å². The van der Waals surface area contributed by atoms with E-state index in [2.05, 4.69) is 13.8 Å². The number of hydrogen-bond donors (Lipinski definition) is 0. The molecular weight excluding hydrogens is 192 g/mol. The van der Waals surface area contributed by atoms with Crippen LogP contribution < -0.4 is 9.47 Å². The number of benzene rings is 1. The Morgan fingerprint density at radius 1 is 1.33 bits per heavy atom. The van der Waals surface area contributed by atoms with Gasteiger partial charge in [0.1, 0.15) is 0 Å². The Bertz CT molecular complexity index is 408. The summed E-state index contributed by atoms with van der Waals surface area (Å²) in [6.45, 7) is 5.94. The smallest absolute Gasteiger partial charge is 0.231 e. The molecule has 1 aliphatic heterocycles. The molecule has 0 aliphatic carbocycles. The highest BCUT2D eigenvalue weighted by Gasteiger charge is 2.21. The van der Waals surface area contributed by atoms with Crippen LogP contribution in [0.2, 0.25) is 0 Å². The Kier molecular flexibility index (Phi) is 2.39. The highest BCUT2D eigenvalue weighted by molar-refractivity contribution is 5.95. The Hall–Kier alpha value is -1.51. The molecule has 0 unspecified atom stereocenters. The molecule has 15 heavy (non-hydrogen) atoms. The lowest BCUT2D eigenvalue weighted by molar-refractivity contribution is 0.101. The van der Waals surface area contributed by atoms with Crippen molar-refractivity contribution in [2.75, 3.05) is 6.79 Å². The average molecular weight is 206 g/mol. The van der Waals surface area contributed by atoms with E-state index in [1.165, 1.54) is 0 Å². The third-order valence-corrected chi connectivity index (χ3v) is 2.53. The molecule has 0 fully saturated rings. The maximum absolute atomic E-state index is 11.3. The van der Waals surface area contributed by atoms with E-state index in [1.54, 1.807) is 13.0 Å². The minimum Gasteiger partial charge on any atom is -0.454 e. The van der Waals surface area contributed by atoms with Gasteiger partial charge in [0.15, 0.2) is 17.3 Å². The molecular formula is C12H14O3. The van der Waals surface area contributed by atoms with Crippen molar-refractivity contribution in [3.8, 4) is 11.5 Å². The molecule has 1 heterocycles. The summed E-state index contributed by atoms with van der Waals surface area (Å²) in [4.78, 5) is 11.3. The summed E-state index contributed by atoms with van der Waals surface area (Å²) in [6.07, 6.45) is 0. The minimum atomic E-state index is 0.0511. The third kappa shape index (κ3) is 1.69. The van der Waals surface area contributed by atoms with Crippen LogP contribution >= 0.6 is 0 Å². The first-order valence-electron chi connectivity index (χ1n) is 5.04. The lowest BCUT2D eigenvalue weighted by Crippen LogP contribution is -1.97. The van der Waals surface area contributed by atoms with Crippen molar-refractivity contribution in [1.29, 1.82) is 0 Å². The van der Waals surface area contributed by atoms with Gasteiger partial charge in [0.25, 0.3) is 0 Å². The number of fused-ring (bicyclic) bond motifs is 1. The van der Waals surface area contributed by atoms with Gasteiger partial charge in [0, 0.05) is 11.1 Å². The van der Waals surface area contributed by atoms with Gasteiger partial charge >= 0.3 is 0 Å². The van der Waals surface area contributed by atoms with Crippen LogP contribution in [0.5, 0.6) is 11.5 Å². The van der Waals surface area contributed by atoms with Gasteiger partial charge in [-0.25, -0.2) is 0 Å². The van der Waals surface area contributed by atoms with Crippen molar-refractivity contribution in [3.63, 3.8) is 0 Å². The van der Waals surface area contributed by atoms with E-state index in [0.29, 0.717) is 17.2 Å². The van der Waals surface area contributed by atoms with Gasteiger partial charge in [-0.2, -0.15) is 0 Å². The van der Waals surface area contributed by atoms with E-state index in [4.69, 9.17) is 9.47 Å². The highest BCUT2D eigenvalue weighted by Crippen LogP contribution is 2.40. The van der Waals surface area contributed by atoms with Crippen LogP contribution in [0.15, 0.2) is 12.1 Å². The topological polar surface area (TPSA) is 35.5 Å². The maximum Gasteiger partial charge on any atom is 0.231 e. The minimum absolute atomic E-state index is 0.0511. The first-order chi connectivity index (χ1) is 7.09. The molecule has 3 heteroatoms. The normalized spacial score (nSPS) is 13.3. The highest BCUT2D eigenvalue weighted by atomic mass is 16.7. The Labute approximate surface area is 89.0 Å². The predicted octanol–water partition coefficient (Wildman–Crippen LogP) is 2.74. The molecule has 1 aromatic carbocycles. The van der Waals surface area contributed by atoms with Gasteiger partial charge in [-0.3, -0.25) is 4.79 Å². The molecule has 0 bridgehead atoms. The summed E-state index contributed by atoms with van der Waals surface area (Å²) in [5.41, 5.74) is 1.72. The zero-order chi connectivity index (χ0) is 11.0. The number of Topliss-reactive ketones (excluding diaryl/α,β-unsaturated/α-hetero) is 1. The molecule has 0 saturated heterocycles. The molecule has 0 saturated carbocycles. The molecule has 0 atom stereocenters. The summed E-state index contributed by atoms with van der Waals surface area (Å²) in [5.74, 6) is 1.84. The predicted molar refractivity (Wildman–Crippen MR) is 56.7 cm³/mol. The summed E-state index contributed by atoms with van der Waals surface area (Å²) in [5, 5.41) is 0. The second-order valence-corrected chi connectivity index (χ2v) is 4.01. The lowest BCUT2D eigenvalue weighted by atomic mass is 9.98. The van der Waals surface area contributed by atoms with Gasteiger partial charge in [-0.15, -0.1) is 0 Å². The molecule has 80 valence electrons. The van der Waals surface area contributed by atoms with Crippen LogP contribution in [-0.4, -0.2) is 12.6 Å². The molecule has 1 aliphatic rings. The van der Waals surface area contributed by atoms with Gasteiger partial charge in [0.2, 0.25) is 6.79 Å². The quantitative estimate of drug-likeness (QED) is 0.698. The van der Waals surface area contributed by atoms with E-state index in [0.717, 1.165) is 11.3 Å². The first-order valence-corrected chi connectivity index (χ1v) is 5.04. The van der Waals surface area contributed by atoms with Crippen LogP contribution in [0, 0.1) is 0 Å². The second-order valence-electron chi connectivity index (χ2n) is 4.01. The fourth-order valence-corrected chi connectivity index (χ4v) is 1.67. The Morgan fingerprint density at radius 2 is 2.07 bits per heavy atom. The van der Waals surface area contributed by atoms with Crippen molar-refractivity contribution in [3.05, 3.63) is 23.3 Å². The molecule has 1 aromatic rings. The molecule has 0 spiro atoms. The number of hydrogen-bond acceptors (Lipinski definition) is 3. The SMILES string of the molecule is CC(=O)c1cc2c(c(C(C)C)c1)OCO2. The van der Waals surface area contributed by atoms with Gasteiger partial charge in [0.05, 0.1) is 0 Å². The second kappa shape index (κ2) is 3.57. The molecule has 0 radical (unpaired) electrons. The van der Waals surface area contributed by atoms with Crippen molar-refractivity contribution in [1.82, 2.24) is 0 Å². The van der Waals surface area contributed by atoms with Gasteiger partial charge in [-0.05, 0) is 25.0 Å². The summed E-state index contributed by atoms with van der Waals surface area (Å²) >= 11 is 0. The number of rotatable bonds is 2. The van der Waals surface area contributed by atoms with Gasteiger partial charge < -0.3 is 9.47 Å². The van der Waals surface area contributed by atoms with E-state index in [-0.39, 0.29) is 12.6 Å². The fourth-order valence-electron chi connectivity index (χ4n) is 1.67. The number of carbonyl (C=O) groups excluding carboxylic acids is 1. The standard InChI is InChI=1S/C12H14O3/c1-7(2)10-4-9(8(3)13)5-11-12(10)15-6-14-11/h4-5,7H,6H2,1-3H3. The largest absolute Gasteiger partial charge is 0.454 e. The molecule has 0 amide bonds. The number of carbonyl (C=O) groups is 1. The van der Waals surface area contributed by atoms with E-state index in [9.17, 15) is 4.79 Å². The van der Waals surface area contributed by atoms with Crippen LogP contribution in [0.1, 0.15) is 42.6 Å². The van der Waals surface area contributed by atoms with Crippen molar-refractivity contribution < 1.29 is 14.3 Å². The zero-order valence-corrected chi connectivity index (χ0v) is 9.16. The Balaban J connectivity index is 2.57. The van der Waals surface area contributed by atoms with E-state index >= 15 is 0 Å². The van der Waals surface area contributed by atoms with Crippen molar-refractivity contribution >= 4 is 5.78 Å². The average Bonchev–Trinajstić information content (AvgIpc) is 2.62. The summed E-state index contributed by atoms with van der Waals surface area (Å²) in [6, 6.07) is 3.64. The first kappa shape index (κ1) is 10.0. The third-order valence-electron chi connectivity index (χ3n) is 2.53. The Morgan fingerprint density at radius 3 is 2.67 bits per heavy atom. The van der Waals surface area contributed by atoms with Crippen LogP contribution in [0.4, 0.5) is 0 Å². The number of ketones is 1. The van der Waals surface area contributed by atoms with E-state index < -0.39 is 0 Å². The zero-order valence-electron chi connectivity index (χ0n) is 9.16. The van der Waals surface area contributed by atoms with Crippen LogP contribution in [0.25, 0.3) is 0 Å².